The molecular formula is C6H11Ni-. The summed E-state index contributed by atoms with van der Waals surface area (Å²) in [5.74, 6) is 0. The van der Waals surface area contributed by atoms with Crippen LogP contribution in [0.4, 0.5) is 0 Å². The fraction of sp³-hybridized carbons (Fsp3) is 0.833. The normalized spacial score (nSPS) is 20.6. The molecular weight excluding hydrogens is 131 g/mol. The van der Waals surface area contributed by atoms with E-state index in [1.165, 1.54) is 32.1 Å². The third-order valence-electron chi connectivity index (χ3n) is 1.32. The Bertz CT molecular complexity index is 19.7. The van der Waals surface area contributed by atoms with Gasteiger partial charge in [0.15, 0.2) is 0 Å². The van der Waals surface area contributed by atoms with Gasteiger partial charge in [0.2, 0.25) is 0 Å². The molecule has 0 N–H and O–H groups in total. The molecule has 0 amide bonds. The summed E-state index contributed by atoms with van der Waals surface area (Å²) in [6.07, 6.45) is 9.50. The van der Waals surface area contributed by atoms with Gasteiger partial charge in [0.05, 0.1) is 0 Å². The van der Waals surface area contributed by atoms with E-state index in [-0.39, 0.29) is 16.5 Å². The van der Waals surface area contributed by atoms with Crippen molar-refractivity contribution in [2.45, 2.75) is 32.1 Å². The monoisotopic (exact) mass is 141 g/mol. The first-order valence-electron chi connectivity index (χ1n) is 2.82. The van der Waals surface area contributed by atoms with Crippen LogP contribution in [0.1, 0.15) is 32.1 Å². The Hall–Kier alpha value is 0.494. The van der Waals surface area contributed by atoms with Crippen LogP contribution in [0.15, 0.2) is 0 Å². The van der Waals surface area contributed by atoms with E-state index < -0.39 is 0 Å². The van der Waals surface area contributed by atoms with E-state index in [0.29, 0.717) is 0 Å². The molecule has 0 unspecified atom stereocenters. The van der Waals surface area contributed by atoms with Crippen molar-refractivity contribution in [1.29, 1.82) is 0 Å². The predicted molar refractivity (Wildman–Crippen MR) is 27.4 cm³/mol. The average molecular weight is 142 g/mol. The van der Waals surface area contributed by atoms with Gasteiger partial charge in [0.25, 0.3) is 0 Å². The van der Waals surface area contributed by atoms with E-state index in [4.69, 9.17) is 0 Å². The van der Waals surface area contributed by atoms with Gasteiger partial charge in [-0.05, 0) is 0 Å². The Morgan fingerprint density at radius 2 is 1.43 bits per heavy atom. The first-order valence-corrected chi connectivity index (χ1v) is 2.82. The molecule has 0 spiro atoms. The number of rotatable bonds is 0. The standard InChI is InChI=1S/C6H11.Ni/c1-2-4-6-5-3-1;/h1H,2-6H2;/q-1;. The van der Waals surface area contributed by atoms with Gasteiger partial charge in [-0.1, -0.05) is 19.3 Å². The summed E-state index contributed by atoms with van der Waals surface area (Å²) >= 11 is 0. The number of hydrogen-bond donors (Lipinski definition) is 0. The van der Waals surface area contributed by atoms with Crippen molar-refractivity contribution < 1.29 is 16.5 Å². The smallest absolute Gasteiger partial charge is 0 e. The van der Waals surface area contributed by atoms with E-state index in [1.54, 1.807) is 0 Å². The topological polar surface area (TPSA) is 0 Å². The zero-order valence-electron chi connectivity index (χ0n) is 4.43. The molecule has 46 valence electrons. The third-order valence-corrected chi connectivity index (χ3v) is 1.32. The SMILES string of the molecule is [CH-]1CCCCC1.[Ni]. The summed E-state index contributed by atoms with van der Waals surface area (Å²) in [5.41, 5.74) is 0. The second-order valence-corrected chi connectivity index (χ2v) is 1.93. The molecule has 0 radical (unpaired) electrons. The minimum Gasteiger partial charge on any atom is -0.328 e. The molecule has 0 aromatic heterocycles. The quantitative estimate of drug-likeness (QED) is 0.359. The first kappa shape index (κ1) is 7.49. The van der Waals surface area contributed by atoms with Crippen molar-refractivity contribution in [3.05, 3.63) is 6.42 Å². The van der Waals surface area contributed by atoms with Crippen LogP contribution in [0.5, 0.6) is 0 Å². The van der Waals surface area contributed by atoms with Crippen molar-refractivity contribution >= 4 is 0 Å². The zero-order chi connectivity index (χ0) is 4.24. The Kier molecular flexibility index (Phi) is 4.98. The summed E-state index contributed by atoms with van der Waals surface area (Å²) in [7, 11) is 0. The van der Waals surface area contributed by atoms with Crippen LogP contribution in [-0.2, 0) is 16.5 Å². The molecule has 1 rings (SSSR count). The summed E-state index contributed by atoms with van der Waals surface area (Å²) in [6, 6.07) is 0. The van der Waals surface area contributed by atoms with Gasteiger partial charge < -0.3 is 6.42 Å². The second kappa shape index (κ2) is 4.65. The molecule has 0 bridgehead atoms. The average Bonchev–Trinajstić information content (AvgIpc) is 1.72. The van der Waals surface area contributed by atoms with Crippen LogP contribution in [-0.4, -0.2) is 0 Å². The van der Waals surface area contributed by atoms with Crippen LogP contribution in [0.25, 0.3) is 0 Å². The summed E-state index contributed by atoms with van der Waals surface area (Å²) in [4.78, 5) is 0. The van der Waals surface area contributed by atoms with E-state index >= 15 is 0 Å². The van der Waals surface area contributed by atoms with Crippen LogP contribution >= 0.6 is 0 Å². The van der Waals surface area contributed by atoms with Crippen LogP contribution in [0, 0.1) is 6.42 Å². The summed E-state index contributed by atoms with van der Waals surface area (Å²) < 4.78 is 0. The molecule has 0 aliphatic heterocycles. The van der Waals surface area contributed by atoms with Crippen molar-refractivity contribution in [1.82, 2.24) is 0 Å². The largest absolute Gasteiger partial charge is 0.328 e. The van der Waals surface area contributed by atoms with Gasteiger partial charge in [0.1, 0.15) is 0 Å². The van der Waals surface area contributed by atoms with Gasteiger partial charge in [-0.25, -0.2) is 0 Å². The Labute approximate surface area is 55.6 Å². The molecule has 0 atom stereocenters. The van der Waals surface area contributed by atoms with Crippen molar-refractivity contribution in [3.63, 3.8) is 0 Å². The van der Waals surface area contributed by atoms with Crippen LogP contribution in [0.3, 0.4) is 0 Å². The van der Waals surface area contributed by atoms with E-state index in [0.717, 1.165) is 0 Å². The predicted octanol–water partition coefficient (Wildman–Crippen LogP) is 2.15. The maximum atomic E-state index is 2.39. The Balaban J connectivity index is 0.000000360. The minimum atomic E-state index is 0. The molecule has 0 heterocycles. The molecule has 1 heteroatoms. The maximum Gasteiger partial charge on any atom is 0 e. The molecule has 7 heavy (non-hydrogen) atoms. The molecule has 0 aromatic rings. The van der Waals surface area contributed by atoms with Crippen molar-refractivity contribution in [2.24, 2.45) is 0 Å². The molecule has 0 aromatic carbocycles. The maximum absolute atomic E-state index is 2.39. The Morgan fingerprint density at radius 3 is 1.57 bits per heavy atom. The number of hydrogen-bond acceptors (Lipinski definition) is 0. The van der Waals surface area contributed by atoms with Gasteiger partial charge in [0, 0.05) is 16.5 Å². The van der Waals surface area contributed by atoms with Gasteiger partial charge in [-0.15, -0.1) is 0 Å². The molecule has 1 aliphatic carbocycles. The summed E-state index contributed by atoms with van der Waals surface area (Å²) in [5, 5.41) is 0. The van der Waals surface area contributed by atoms with Crippen LogP contribution < -0.4 is 0 Å². The molecule has 0 saturated heterocycles. The van der Waals surface area contributed by atoms with E-state index in [1.807, 2.05) is 0 Å². The fourth-order valence-electron chi connectivity index (χ4n) is 0.898. The molecule has 1 saturated carbocycles. The molecule has 0 nitrogen and oxygen atoms in total. The van der Waals surface area contributed by atoms with Crippen molar-refractivity contribution in [3.8, 4) is 0 Å². The van der Waals surface area contributed by atoms with Gasteiger partial charge in [-0.2, -0.15) is 12.8 Å². The fourth-order valence-corrected chi connectivity index (χ4v) is 0.898. The summed E-state index contributed by atoms with van der Waals surface area (Å²) in [6.45, 7) is 0. The van der Waals surface area contributed by atoms with Crippen molar-refractivity contribution in [2.75, 3.05) is 0 Å². The van der Waals surface area contributed by atoms with Gasteiger partial charge in [-0.3, -0.25) is 0 Å². The second-order valence-electron chi connectivity index (χ2n) is 1.93. The van der Waals surface area contributed by atoms with E-state index in [9.17, 15) is 0 Å². The zero-order valence-corrected chi connectivity index (χ0v) is 5.42. The first-order chi connectivity index (χ1) is 3.00. The van der Waals surface area contributed by atoms with Crippen LogP contribution in [0.2, 0.25) is 0 Å². The molecule has 1 fully saturated rings. The Morgan fingerprint density at radius 1 is 0.857 bits per heavy atom. The van der Waals surface area contributed by atoms with Gasteiger partial charge >= 0.3 is 0 Å². The minimum absolute atomic E-state index is 0. The van der Waals surface area contributed by atoms with E-state index in [2.05, 4.69) is 6.42 Å². The third kappa shape index (κ3) is 3.11. The molecule has 1 aliphatic rings.